The van der Waals surface area contributed by atoms with E-state index in [1.165, 1.54) is 13.2 Å². The molecule has 0 bridgehead atoms. The molecule has 10 heteroatoms. The van der Waals surface area contributed by atoms with Gasteiger partial charge >= 0.3 is 5.51 Å². The standard InChI is InChI=1S/C14H17F3N2O4S/c1-23-9-6-11(12(18)7-9)13(20)19-8-3-2-4-10(5-8)24(21,22)14(15,16)17/h2-5,9,11-12H,6-7,18H2,1H3,(H,19,20). The lowest BCUT2D eigenvalue weighted by atomic mass is 10.0. The SMILES string of the molecule is COC1CC(N)C(C(=O)Nc2cccc(S(=O)(=O)C(F)(F)F)c2)C1. The Labute approximate surface area is 137 Å². The molecule has 1 aliphatic rings. The fraction of sp³-hybridized carbons (Fsp3) is 0.500. The molecule has 3 N–H and O–H groups in total. The number of hydrogen-bond acceptors (Lipinski definition) is 5. The van der Waals surface area contributed by atoms with Crippen LogP contribution in [0.2, 0.25) is 0 Å². The maximum atomic E-state index is 12.6. The molecular formula is C14H17F3N2O4S. The van der Waals surface area contributed by atoms with E-state index in [9.17, 15) is 26.4 Å². The Morgan fingerprint density at radius 1 is 1.33 bits per heavy atom. The summed E-state index contributed by atoms with van der Waals surface area (Å²) >= 11 is 0. The lowest BCUT2D eigenvalue weighted by molar-refractivity contribution is -0.120. The molecule has 1 saturated carbocycles. The van der Waals surface area contributed by atoms with E-state index >= 15 is 0 Å². The molecule has 2 rings (SSSR count). The van der Waals surface area contributed by atoms with Gasteiger partial charge in [0.1, 0.15) is 0 Å². The summed E-state index contributed by atoms with van der Waals surface area (Å²) in [5, 5.41) is 2.42. The van der Waals surface area contributed by atoms with Crippen molar-refractivity contribution in [1.82, 2.24) is 0 Å². The largest absolute Gasteiger partial charge is 0.501 e. The lowest BCUT2D eigenvalue weighted by Gasteiger charge is -2.15. The average Bonchev–Trinajstić information content (AvgIpc) is 2.87. The molecule has 0 saturated heterocycles. The highest BCUT2D eigenvalue weighted by Crippen LogP contribution is 2.32. The zero-order valence-electron chi connectivity index (χ0n) is 12.7. The molecule has 1 amide bonds. The summed E-state index contributed by atoms with van der Waals surface area (Å²) in [7, 11) is -3.97. The third kappa shape index (κ3) is 3.70. The molecule has 0 aromatic heterocycles. The van der Waals surface area contributed by atoms with Crippen LogP contribution >= 0.6 is 0 Å². The van der Waals surface area contributed by atoms with Crippen molar-refractivity contribution in [3.63, 3.8) is 0 Å². The number of methoxy groups -OCH3 is 1. The minimum Gasteiger partial charge on any atom is -0.381 e. The average molecular weight is 366 g/mol. The number of nitrogens with one attached hydrogen (secondary N) is 1. The van der Waals surface area contributed by atoms with Crippen LogP contribution in [0.25, 0.3) is 0 Å². The van der Waals surface area contributed by atoms with E-state index in [0.29, 0.717) is 12.8 Å². The van der Waals surface area contributed by atoms with E-state index in [0.717, 1.165) is 18.2 Å². The Morgan fingerprint density at radius 3 is 2.54 bits per heavy atom. The Morgan fingerprint density at radius 2 is 2.00 bits per heavy atom. The molecule has 134 valence electrons. The predicted octanol–water partition coefficient (Wildman–Crippen LogP) is 1.67. The van der Waals surface area contributed by atoms with Crippen LogP contribution in [-0.4, -0.2) is 39.1 Å². The number of halogens is 3. The van der Waals surface area contributed by atoms with Crippen molar-refractivity contribution in [3.05, 3.63) is 24.3 Å². The van der Waals surface area contributed by atoms with Crippen molar-refractivity contribution >= 4 is 21.4 Å². The fourth-order valence-electron chi connectivity index (χ4n) is 2.63. The maximum absolute atomic E-state index is 12.6. The number of carbonyl (C=O) groups excluding carboxylic acids is 1. The van der Waals surface area contributed by atoms with Crippen LogP contribution in [0.1, 0.15) is 12.8 Å². The van der Waals surface area contributed by atoms with Gasteiger partial charge in [-0.2, -0.15) is 13.2 Å². The molecule has 0 aliphatic heterocycles. The summed E-state index contributed by atoms with van der Waals surface area (Å²) in [6.07, 6.45) is 0.730. The van der Waals surface area contributed by atoms with Crippen molar-refractivity contribution in [2.45, 2.75) is 35.4 Å². The van der Waals surface area contributed by atoms with E-state index in [4.69, 9.17) is 10.5 Å². The molecular weight excluding hydrogens is 349 g/mol. The van der Waals surface area contributed by atoms with Gasteiger partial charge in [0, 0.05) is 18.8 Å². The molecule has 1 aromatic rings. The van der Waals surface area contributed by atoms with E-state index in [1.54, 1.807) is 0 Å². The van der Waals surface area contributed by atoms with Crippen LogP contribution in [-0.2, 0) is 19.4 Å². The highest BCUT2D eigenvalue weighted by molar-refractivity contribution is 7.92. The van der Waals surface area contributed by atoms with Crippen LogP contribution in [0, 0.1) is 5.92 Å². The van der Waals surface area contributed by atoms with Crippen molar-refractivity contribution < 1.29 is 31.1 Å². The van der Waals surface area contributed by atoms with Gasteiger partial charge in [-0.05, 0) is 31.0 Å². The number of amides is 1. The molecule has 0 spiro atoms. The molecule has 24 heavy (non-hydrogen) atoms. The molecule has 3 unspecified atom stereocenters. The maximum Gasteiger partial charge on any atom is 0.501 e. The summed E-state index contributed by atoms with van der Waals surface area (Å²) in [6, 6.07) is 3.59. The molecule has 6 nitrogen and oxygen atoms in total. The van der Waals surface area contributed by atoms with Gasteiger partial charge < -0.3 is 15.8 Å². The normalized spacial score (nSPS) is 24.8. The van der Waals surface area contributed by atoms with E-state index in [-0.39, 0.29) is 11.8 Å². The molecule has 0 heterocycles. The summed E-state index contributed by atoms with van der Waals surface area (Å²) in [6.45, 7) is 0. The number of sulfone groups is 1. The molecule has 1 fully saturated rings. The summed E-state index contributed by atoms with van der Waals surface area (Å²) in [4.78, 5) is 11.3. The first-order chi connectivity index (χ1) is 11.1. The number of anilines is 1. The first-order valence-corrected chi connectivity index (χ1v) is 8.55. The highest BCUT2D eigenvalue weighted by atomic mass is 32.2. The van der Waals surface area contributed by atoms with E-state index in [2.05, 4.69) is 5.32 Å². The lowest BCUT2D eigenvalue weighted by Crippen LogP contribution is -2.34. The van der Waals surface area contributed by atoms with Gasteiger partial charge in [0.25, 0.3) is 9.84 Å². The van der Waals surface area contributed by atoms with Crippen LogP contribution in [0.3, 0.4) is 0 Å². The molecule has 1 aliphatic carbocycles. The van der Waals surface area contributed by atoms with Gasteiger partial charge in [-0.1, -0.05) is 6.07 Å². The summed E-state index contributed by atoms with van der Waals surface area (Å²) in [5.41, 5.74) is 0.420. The number of nitrogens with two attached hydrogens (primary N) is 1. The van der Waals surface area contributed by atoms with Crippen molar-refractivity contribution in [2.75, 3.05) is 12.4 Å². The number of rotatable bonds is 4. The quantitative estimate of drug-likeness (QED) is 0.845. The van der Waals surface area contributed by atoms with Gasteiger partial charge in [-0.15, -0.1) is 0 Å². The second-order valence-corrected chi connectivity index (χ2v) is 7.51. The second kappa shape index (κ2) is 6.69. The third-order valence-corrected chi connectivity index (χ3v) is 5.44. The number of ether oxygens (including phenoxy) is 1. The first kappa shape index (κ1) is 18.7. The molecule has 1 aromatic carbocycles. The molecule has 0 radical (unpaired) electrons. The van der Waals surface area contributed by atoms with Crippen molar-refractivity contribution in [2.24, 2.45) is 11.7 Å². The Kier molecular flexibility index (Phi) is 5.21. The Bertz CT molecular complexity index is 721. The van der Waals surface area contributed by atoms with Gasteiger partial charge in [-0.25, -0.2) is 8.42 Å². The minimum atomic E-state index is -5.47. The zero-order chi connectivity index (χ0) is 18.1. The van der Waals surface area contributed by atoms with Crippen LogP contribution in [0.15, 0.2) is 29.2 Å². The Balaban J connectivity index is 2.17. The third-order valence-electron chi connectivity index (χ3n) is 3.96. The van der Waals surface area contributed by atoms with Gasteiger partial charge in [0.2, 0.25) is 5.91 Å². The summed E-state index contributed by atoms with van der Waals surface area (Å²) in [5.74, 6) is -1.04. The van der Waals surface area contributed by atoms with E-state index < -0.39 is 38.1 Å². The first-order valence-electron chi connectivity index (χ1n) is 7.07. The summed E-state index contributed by atoms with van der Waals surface area (Å²) < 4.78 is 65.7. The minimum absolute atomic E-state index is 0.0432. The number of hydrogen-bond donors (Lipinski definition) is 2. The van der Waals surface area contributed by atoms with Crippen LogP contribution in [0.5, 0.6) is 0 Å². The van der Waals surface area contributed by atoms with Crippen molar-refractivity contribution in [3.8, 4) is 0 Å². The van der Waals surface area contributed by atoms with Crippen LogP contribution in [0.4, 0.5) is 18.9 Å². The number of alkyl halides is 3. The smallest absolute Gasteiger partial charge is 0.381 e. The second-order valence-electron chi connectivity index (χ2n) is 5.57. The Hall–Kier alpha value is -1.65. The van der Waals surface area contributed by atoms with Gasteiger partial charge in [-0.3, -0.25) is 4.79 Å². The van der Waals surface area contributed by atoms with Gasteiger partial charge in [0.15, 0.2) is 0 Å². The molecule has 3 atom stereocenters. The fourth-order valence-corrected chi connectivity index (χ4v) is 3.43. The van der Waals surface area contributed by atoms with E-state index in [1.807, 2.05) is 0 Å². The van der Waals surface area contributed by atoms with Crippen LogP contribution < -0.4 is 11.1 Å². The number of carbonyl (C=O) groups is 1. The highest BCUT2D eigenvalue weighted by Gasteiger charge is 2.47. The van der Waals surface area contributed by atoms with Gasteiger partial charge in [0.05, 0.1) is 16.9 Å². The predicted molar refractivity (Wildman–Crippen MR) is 79.8 cm³/mol. The monoisotopic (exact) mass is 366 g/mol. The zero-order valence-corrected chi connectivity index (χ0v) is 13.5. The topological polar surface area (TPSA) is 98.5 Å². The number of benzene rings is 1. The van der Waals surface area contributed by atoms with Crippen molar-refractivity contribution in [1.29, 1.82) is 0 Å².